The van der Waals surface area contributed by atoms with Gasteiger partial charge < -0.3 is 10.6 Å². The van der Waals surface area contributed by atoms with Gasteiger partial charge in [0.2, 0.25) is 0 Å². The summed E-state index contributed by atoms with van der Waals surface area (Å²) in [5.74, 6) is 2.43. The van der Waals surface area contributed by atoms with Gasteiger partial charge in [0.1, 0.15) is 0 Å². The van der Waals surface area contributed by atoms with Crippen LogP contribution in [0.4, 0.5) is 17.1 Å². The molecule has 0 amide bonds. The second-order valence-corrected chi connectivity index (χ2v) is 6.46. The minimum atomic E-state index is 0.791. The Kier molecular flexibility index (Phi) is 3.59. The Morgan fingerprint density at radius 1 is 0.818 bits per heavy atom. The molecule has 3 atom stereocenters. The van der Waals surface area contributed by atoms with Crippen molar-refractivity contribution in [2.45, 2.75) is 12.8 Å². The van der Waals surface area contributed by atoms with Crippen molar-refractivity contribution in [2.24, 2.45) is 17.8 Å². The minimum Gasteiger partial charge on any atom is -0.383 e. The van der Waals surface area contributed by atoms with Crippen molar-refractivity contribution in [1.29, 1.82) is 0 Å². The van der Waals surface area contributed by atoms with E-state index in [2.05, 4.69) is 71.3 Å². The Balaban J connectivity index is 1.44. The van der Waals surface area contributed by atoms with Crippen LogP contribution in [0.3, 0.4) is 0 Å². The molecule has 1 saturated carbocycles. The fraction of sp³-hybridized carbons (Fsp3) is 0.300. The molecular weight excluding hydrogens is 268 g/mol. The largest absolute Gasteiger partial charge is 0.383 e. The number of fused-ring (bicyclic) bond motifs is 2. The van der Waals surface area contributed by atoms with E-state index in [4.69, 9.17) is 0 Å². The Morgan fingerprint density at radius 2 is 1.59 bits per heavy atom. The van der Waals surface area contributed by atoms with Crippen molar-refractivity contribution in [3.63, 3.8) is 0 Å². The van der Waals surface area contributed by atoms with Crippen LogP contribution in [-0.2, 0) is 0 Å². The van der Waals surface area contributed by atoms with Crippen LogP contribution in [0.2, 0.25) is 0 Å². The van der Waals surface area contributed by atoms with Crippen LogP contribution < -0.4 is 10.6 Å². The Morgan fingerprint density at radius 3 is 2.32 bits per heavy atom. The minimum absolute atomic E-state index is 0.791. The summed E-state index contributed by atoms with van der Waals surface area (Å²) in [6.07, 6.45) is 7.55. The summed E-state index contributed by atoms with van der Waals surface area (Å²) >= 11 is 0. The van der Waals surface area contributed by atoms with E-state index in [9.17, 15) is 0 Å². The van der Waals surface area contributed by atoms with Crippen molar-refractivity contribution in [2.75, 3.05) is 17.2 Å². The molecule has 2 aliphatic carbocycles. The van der Waals surface area contributed by atoms with Gasteiger partial charge in [0, 0.05) is 12.2 Å². The van der Waals surface area contributed by atoms with E-state index in [1.165, 1.54) is 18.5 Å². The van der Waals surface area contributed by atoms with Crippen LogP contribution in [0.1, 0.15) is 12.8 Å². The number of hydrogen-bond donors (Lipinski definition) is 2. The van der Waals surface area contributed by atoms with Gasteiger partial charge in [0.05, 0.1) is 11.4 Å². The number of nitrogens with one attached hydrogen (secondary N) is 2. The van der Waals surface area contributed by atoms with Crippen molar-refractivity contribution in [3.05, 3.63) is 66.7 Å². The Bertz CT molecular complexity index is 662. The van der Waals surface area contributed by atoms with E-state index in [1.807, 2.05) is 6.07 Å². The van der Waals surface area contributed by atoms with Crippen LogP contribution in [-0.4, -0.2) is 6.54 Å². The molecule has 2 aliphatic rings. The van der Waals surface area contributed by atoms with E-state index in [0.717, 1.165) is 35.7 Å². The molecule has 0 spiro atoms. The summed E-state index contributed by atoms with van der Waals surface area (Å²) in [5, 5.41) is 7.17. The highest BCUT2D eigenvalue weighted by molar-refractivity contribution is 5.74. The van der Waals surface area contributed by atoms with Gasteiger partial charge in [-0.2, -0.15) is 0 Å². The smallest absolute Gasteiger partial charge is 0.0620 e. The number of benzene rings is 2. The summed E-state index contributed by atoms with van der Waals surface area (Å²) in [6.45, 7) is 1.07. The molecular formula is C20H22N2. The van der Waals surface area contributed by atoms with E-state index in [-0.39, 0.29) is 0 Å². The Labute approximate surface area is 132 Å². The number of anilines is 3. The average molecular weight is 290 g/mol. The third-order valence-corrected chi connectivity index (χ3v) is 4.95. The molecule has 22 heavy (non-hydrogen) atoms. The summed E-state index contributed by atoms with van der Waals surface area (Å²) in [4.78, 5) is 0. The molecule has 2 N–H and O–H groups in total. The van der Waals surface area contributed by atoms with Gasteiger partial charge in [0.25, 0.3) is 0 Å². The molecule has 0 aromatic heterocycles. The Hall–Kier alpha value is -2.22. The summed E-state index contributed by atoms with van der Waals surface area (Å²) in [5.41, 5.74) is 3.46. The maximum absolute atomic E-state index is 3.66. The van der Waals surface area contributed by atoms with Crippen molar-refractivity contribution >= 4 is 17.1 Å². The van der Waals surface area contributed by atoms with Crippen LogP contribution >= 0.6 is 0 Å². The normalized spacial score (nSPS) is 25.4. The van der Waals surface area contributed by atoms with Gasteiger partial charge in [-0.1, -0.05) is 42.5 Å². The van der Waals surface area contributed by atoms with Crippen LogP contribution in [0, 0.1) is 17.8 Å². The molecule has 2 nitrogen and oxygen atoms in total. The third-order valence-electron chi connectivity index (χ3n) is 4.95. The van der Waals surface area contributed by atoms with E-state index in [1.54, 1.807) is 0 Å². The number of rotatable bonds is 5. The van der Waals surface area contributed by atoms with E-state index in [0.29, 0.717) is 0 Å². The number of hydrogen-bond acceptors (Lipinski definition) is 2. The molecule has 0 saturated heterocycles. The SMILES string of the molecule is C1=CC2CC1CC2CNc1ccccc1Nc1ccccc1. The zero-order chi connectivity index (χ0) is 14.8. The molecule has 112 valence electrons. The number of allylic oxidation sites excluding steroid dienone is 2. The van der Waals surface area contributed by atoms with Gasteiger partial charge in [-0.25, -0.2) is 0 Å². The van der Waals surface area contributed by atoms with Gasteiger partial charge in [0.15, 0.2) is 0 Å². The first kappa shape index (κ1) is 13.4. The summed E-state index contributed by atoms with van der Waals surface area (Å²) in [7, 11) is 0. The average Bonchev–Trinajstić information content (AvgIpc) is 3.18. The first-order valence-electron chi connectivity index (χ1n) is 8.22. The highest BCUT2D eigenvalue weighted by Crippen LogP contribution is 2.43. The third kappa shape index (κ3) is 2.74. The second-order valence-electron chi connectivity index (χ2n) is 6.46. The quantitative estimate of drug-likeness (QED) is 0.753. The molecule has 3 unspecified atom stereocenters. The van der Waals surface area contributed by atoms with Crippen LogP contribution in [0.5, 0.6) is 0 Å². The van der Waals surface area contributed by atoms with Crippen molar-refractivity contribution in [1.82, 2.24) is 0 Å². The summed E-state index contributed by atoms with van der Waals surface area (Å²) in [6, 6.07) is 18.8. The lowest BCUT2D eigenvalue weighted by Crippen LogP contribution is -2.18. The predicted molar refractivity (Wildman–Crippen MR) is 93.5 cm³/mol. The molecule has 2 heteroatoms. The zero-order valence-corrected chi connectivity index (χ0v) is 12.7. The molecule has 2 aromatic carbocycles. The molecule has 1 fully saturated rings. The zero-order valence-electron chi connectivity index (χ0n) is 12.7. The molecule has 0 heterocycles. The fourth-order valence-electron chi connectivity index (χ4n) is 3.79. The standard InChI is InChI=1S/C20H22N2/c1-2-6-18(7-3-1)22-20-9-5-4-8-19(20)21-14-17-13-15-10-11-16(17)12-15/h1-11,15-17,21-22H,12-14H2. The van der Waals surface area contributed by atoms with Crippen LogP contribution in [0.15, 0.2) is 66.7 Å². The predicted octanol–water partition coefficient (Wildman–Crippen LogP) is 5.05. The maximum Gasteiger partial charge on any atom is 0.0620 e. The summed E-state index contributed by atoms with van der Waals surface area (Å²) < 4.78 is 0. The van der Waals surface area contributed by atoms with Crippen molar-refractivity contribution < 1.29 is 0 Å². The van der Waals surface area contributed by atoms with Gasteiger partial charge >= 0.3 is 0 Å². The number of para-hydroxylation sites is 3. The van der Waals surface area contributed by atoms with Crippen molar-refractivity contribution in [3.8, 4) is 0 Å². The first-order valence-corrected chi connectivity index (χ1v) is 8.22. The lowest BCUT2D eigenvalue weighted by molar-refractivity contribution is 0.472. The fourth-order valence-corrected chi connectivity index (χ4v) is 3.79. The molecule has 0 radical (unpaired) electrons. The van der Waals surface area contributed by atoms with E-state index < -0.39 is 0 Å². The van der Waals surface area contributed by atoms with Gasteiger partial charge in [-0.15, -0.1) is 0 Å². The second kappa shape index (κ2) is 5.88. The highest BCUT2D eigenvalue weighted by atomic mass is 15.0. The topological polar surface area (TPSA) is 24.1 Å². The maximum atomic E-state index is 3.66. The van der Waals surface area contributed by atoms with E-state index >= 15 is 0 Å². The lowest BCUT2D eigenvalue weighted by atomic mass is 9.93. The van der Waals surface area contributed by atoms with Gasteiger partial charge in [-0.05, 0) is 54.9 Å². The monoisotopic (exact) mass is 290 g/mol. The molecule has 2 aromatic rings. The highest BCUT2D eigenvalue weighted by Gasteiger charge is 2.35. The molecule has 4 rings (SSSR count). The van der Waals surface area contributed by atoms with Gasteiger partial charge in [-0.3, -0.25) is 0 Å². The first-order chi connectivity index (χ1) is 10.9. The molecule has 2 bridgehead atoms. The lowest BCUT2D eigenvalue weighted by Gasteiger charge is -2.21. The molecule has 0 aliphatic heterocycles. The van der Waals surface area contributed by atoms with Crippen LogP contribution in [0.25, 0.3) is 0 Å².